The number of hydrogen-bond acceptors (Lipinski definition) is 2. The Bertz CT molecular complexity index is 622. The Labute approximate surface area is 126 Å². The van der Waals surface area contributed by atoms with E-state index in [0.717, 1.165) is 0 Å². The molecular weight excluding hydrogens is 260 g/mol. The van der Waals surface area contributed by atoms with E-state index in [9.17, 15) is 4.79 Å². The van der Waals surface area contributed by atoms with Crippen LogP contribution in [0.15, 0.2) is 66.7 Å². The lowest BCUT2D eigenvalue weighted by molar-refractivity contribution is -0.129. The molecule has 2 heteroatoms. The summed E-state index contributed by atoms with van der Waals surface area (Å²) in [5.74, 6) is 0.207. The van der Waals surface area contributed by atoms with E-state index >= 15 is 0 Å². The first-order valence-corrected chi connectivity index (χ1v) is 7.04. The maximum atomic E-state index is 11.4. The topological polar surface area (TPSA) is 26.3 Å². The fourth-order valence-corrected chi connectivity index (χ4v) is 2.25. The van der Waals surface area contributed by atoms with Crippen molar-refractivity contribution < 1.29 is 9.53 Å². The minimum Gasteiger partial charge on any atom is -0.423 e. The maximum absolute atomic E-state index is 11.4. The molecule has 2 aromatic carbocycles. The van der Waals surface area contributed by atoms with E-state index in [2.05, 4.69) is 26.0 Å². The molecule has 0 atom stereocenters. The molecular formula is C19H20O2. The van der Waals surface area contributed by atoms with Crippen molar-refractivity contribution in [2.45, 2.75) is 26.2 Å². The van der Waals surface area contributed by atoms with Gasteiger partial charge in [-0.25, -0.2) is 4.79 Å². The van der Waals surface area contributed by atoms with Gasteiger partial charge in [-0.1, -0.05) is 62.4 Å². The van der Waals surface area contributed by atoms with E-state index < -0.39 is 0 Å². The van der Waals surface area contributed by atoms with Crippen LogP contribution in [0.25, 0.3) is 0 Å². The molecule has 0 saturated heterocycles. The molecule has 2 rings (SSSR count). The molecule has 2 aromatic rings. The third-order valence-corrected chi connectivity index (χ3v) is 3.59. The van der Waals surface area contributed by atoms with E-state index in [1.54, 1.807) is 13.0 Å². The summed E-state index contributed by atoms with van der Waals surface area (Å²) in [5, 5.41) is 0. The Morgan fingerprint density at radius 3 is 2.10 bits per heavy atom. The molecule has 0 aliphatic heterocycles. The number of hydrogen-bond donors (Lipinski definition) is 0. The monoisotopic (exact) mass is 280 g/mol. The van der Waals surface area contributed by atoms with Crippen molar-refractivity contribution in [3.8, 4) is 5.75 Å². The Morgan fingerprint density at radius 1 is 0.952 bits per heavy atom. The highest BCUT2D eigenvalue weighted by Crippen LogP contribution is 2.32. The first-order chi connectivity index (χ1) is 10.0. The van der Waals surface area contributed by atoms with Gasteiger partial charge < -0.3 is 4.74 Å². The molecule has 0 aromatic heterocycles. The Balaban J connectivity index is 2.20. The van der Waals surface area contributed by atoms with Crippen LogP contribution < -0.4 is 4.74 Å². The highest BCUT2D eigenvalue weighted by Gasteiger charge is 2.22. The van der Waals surface area contributed by atoms with Crippen LogP contribution in [0, 0.1) is 0 Å². The number of esters is 1. The predicted molar refractivity (Wildman–Crippen MR) is 85.5 cm³/mol. The van der Waals surface area contributed by atoms with E-state index in [1.165, 1.54) is 17.2 Å². The standard InChI is InChI=1S/C19H20O2/c1-4-8-18(20)21-17-13-11-16(12-14-17)19(2,3)15-9-6-5-7-10-15/h4-14H,1-3H3. The molecule has 0 fully saturated rings. The number of ether oxygens (including phenoxy) is 1. The third kappa shape index (κ3) is 3.60. The van der Waals surface area contributed by atoms with Crippen molar-refractivity contribution in [3.63, 3.8) is 0 Å². The van der Waals surface area contributed by atoms with Gasteiger partial charge >= 0.3 is 5.97 Å². The van der Waals surface area contributed by atoms with Crippen LogP contribution in [0.5, 0.6) is 5.75 Å². The lowest BCUT2D eigenvalue weighted by Crippen LogP contribution is -2.18. The average molecular weight is 280 g/mol. The quantitative estimate of drug-likeness (QED) is 0.468. The fourth-order valence-electron chi connectivity index (χ4n) is 2.25. The van der Waals surface area contributed by atoms with E-state index in [0.29, 0.717) is 5.75 Å². The molecule has 0 heterocycles. The summed E-state index contributed by atoms with van der Waals surface area (Å²) in [4.78, 5) is 11.4. The molecule has 0 aliphatic carbocycles. The smallest absolute Gasteiger partial charge is 0.335 e. The lowest BCUT2D eigenvalue weighted by atomic mass is 9.78. The lowest BCUT2D eigenvalue weighted by Gasteiger charge is -2.26. The molecule has 0 spiro atoms. The number of benzene rings is 2. The van der Waals surface area contributed by atoms with Gasteiger partial charge in [0.1, 0.15) is 5.75 Å². The van der Waals surface area contributed by atoms with Gasteiger partial charge in [0, 0.05) is 11.5 Å². The molecule has 0 N–H and O–H groups in total. The average Bonchev–Trinajstić information content (AvgIpc) is 2.49. The molecule has 0 unspecified atom stereocenters. The Hall–Kier alpha value is -2.35. The molecule has 0 bridgehead atoms. The molecule has 108 valence electrons. The molecule has 21 heavy (non-hydrogen) atoms. The number of carbonyl (C=O) groups is 1. The van der Waals surface area contributed by atoms with Gasteiger partial charge in [-0.15, -0.1) is 0 Å². The second-order valence-corrected chi connectivity index (χ2v) is 5.44. The van der Waals surface area contributed by atoms with E-state index in [-0.39, 0.29) is 11.4 Å². The minimum atomic E-state index is -0.354. The van der Waals surface area contributed by atoms with Gasteiger partial charge in [0.05, 0.1) is 0 Å². The van der Waals surface area contributed by atoms with Crippen LogP contribution >= 0.6 is 0 Å². The molecule has 0 saturated carbocycles. The number of rotatable bonds is 4. The fraction of sp³-hybridized carbons (Fsp3) is 0.211. The summed E-state index contributed by atoms with van der Waals surface area (Å²) >= 11 is 0. The van der Waals surface area contributed by atoms with Crippen LogP contribution in [0.2, 0.25) is 0 Å². The van der Waals surface area contributed by atoms with Crippen LogP contribution in [-0.2, 0) is 10.2 Å². The van der Waals surface area contributed by atoms with Gasteiger partial charge in [0.15, 0.2) is 0 Å². The largest absolute Gasteiger partial charge is 0.423 e. The third-order valence-electron chi connectivity index (χ3n) is 3.59. The van der Waals surface area contributed by atoms with Crippen LogP contribution in [0.1, 0.15) is 31.9 Å². The maximum Gasteiger partial charge on any atom is 0.335 e. The zero-order valence-electron chi connectivity index (χ0n) is 12.7. The predicted octanol–water partition coefficient (Wildman–Crippen LogP) is 4.49. The first kappa shape index (κ1) is 15.0. The van der Waals surface area contributed by atoms with Crippen LogP contribution in [-0.4, -0.2) is 5.97 Å². The second-order valence-electron chi connectivity index (χ2n) is 5.44. The Morgan fingerprint density at radius 2 is 1.52 bits per heavy atom. The zero-order chi connectivity index (χ0) is 15.3. The molecule has 0 aliphatic rings. The van der Waals surface area contributed by atoms with Crippen molar-refractivity contribution in [2.75, 3.05) is 0 Å². The summed E-state index contributed by atoms with van der Waals surface area (Å²) < 4.78 is 5.20. The number of carbonyl (C=O) groups excluding carboxylic acids is 1. The van der Waals surface area contributed by atoms with E-state index in [4.69, 9.17) is 4.74 Å². The summed E-state index contributed by atoms with van der Waals surface area (Å²) in [6.45, 7) is 6.15. The molecule has 0 amide bonds. The molecule has 2 nitrogen and oxygen atoms in total. The summed E-state index contributed by atoms with van der Waals surface area (Å²) in [6.07, 6.45) is 3.07. The van der Waals surface area contributed by atoms with Crippen molar-refractivity contribution >= 4 is 5.97 Å². The Kier molecular flexibility index (Phi) is 4.59. The SMILES string of the molecule is CC=CC(=O)Oc1ccc(C(C)(C)c2ccccc2)cc1. The highest BCUT2D eigenvalue weighted by molar-refractivity contribution is 5.83. The van der Waals surface area contributed by atoms with Crippen LogP contribution in [0.3, 0.4) is 0 Å². The minimum absolute atomic E-state index is 0.0902. The second kappa shape index (κ2) is 6.40. The van der Waals surface area contributed by atoms with E-state index in [1.807, 2.05) is 42.5 Å². The van der Waals surface area contributed by atoms with Crippen molar-refractivity contribution in [3.05, 3.63) is 77.9 Å². The van der Waals surface area contributed by atoms with Crippen molar-refractivity contribution in [1.82, 2.24) is 0 Å². The molecule has 0 radical (unpaired) electrons. The summed E-state index contributed by atoms with van der Waals surface area (Å²) in [6, 6.07) is 18.0. The van der Waals surface area contributed by atoms with Gasteiger partial charge in [0.2, 0.25) is 0 Å². The van der Waals surface area contributed by atoms with Gasteiger partial charge in [0.25, 0.3) is 0 Å². The van der Waals surface area contributed by atoms with Gasteiger partial charge in [-0.3, -0.25) is 0 Å². The van der Waals surface area contributed by atoms with Crippen molar-refractivity contribution in [2.24, 2.45) is 0 Å². The summed E-state index contributed by atoms with van der Waals surface area (Å²) in [7, 11) is 0. The normalized spacial score (nSPS) is 11.6. The summed E-state index contributed by atoms with van der Waals surface area (Å²) in [5.41, 5.74) is 2.34. The van der Waals surface area contributed by atoms with Crippen LogP contribution in [0.4, 0.5) is 0 Å². The highest BCUT2D eigenvalue weighted by atomic mass is 16.5. The van der Waals surface area contributed by atoms with Gasteiger partial charge in [-0.2, -0.15) is 0 Å². The van der Waals surface area contributed by atoms with Crippen molar-refractivity contribution in [1.29, 1.82) is 0 Å². The zero-order valence-corrected chi connectivity index (χ0v) is 12.7. The first-order valence-electron chi connectivity index (χ1n) is 7.04. The van der Waals surface area contributed by atoms with Gasteiger partial charge in [-0.05, 0) is 30.2 Å². The number of allylic oxidation sites excluding steroid dienone is 1.